The van der Waals surface area contributed by atoms with Gasteiger partial charge in [-0.1, -0.05) is 36.7 Å². The summed E-state index contributed by atoms with van der Waals surface area (Å²) >= 11 is 1.64. The van der Waals surface area contributed by atoms with Crippen LogP contribution in [-0.2, 0) is 24.3 Å². The molecule has 3 aromatic rings. The molecular weight excluding hydrogens is 412 g/mol. The molecule has 31 heavy (non-hydrogen) atoms. The van der Waals surface area contributed by atoms with Gasteiger partial charge >= 0.3 is 5.69 Å². The highest BCUT2D eigenvalue weighted by atomic mass is 32.2. The van der Waals surface area contributed by atoms with Crippen molar-refractivity contribution >= 4 is 28.7 Å². The van der Waals surface area contributed by atoms with Gasteiger partial charge in [-0.2, -0.15) is 0 Å². The quantitative estimate of drug-likeness (QED) is 0.407. The fourth-order valence-corrected chi connectivity index (χ4v) is 5.12. The Morgan fingerprint density at radius 2 is 1.87 bits per heavy atom. The van der Waals surface area contributed by atoms with Gasteiger partial charge in [0.2, 0.25) is 5.91 Å². The van der Waals surface area contributed by atoms with Gasteiger partial charge < -0.3 is 9.88 Å². The Bertz CT molecular complexity index is 1110. The zero-order valence-electron chi connectivity index (χ0n) is 18.2. The smallest absolute Gasteiger partial charge is 0.329 e. The van der Waals surface area contributed by atoms with Crippen LogP contribution < -0.4 is 11.0 Å². The van der Waals surface area contributed by atoms with E-state index in [9.17, 15) is 9.59 Å². The van der Waals surface area contributed by atoms with Crippen LogP contribution >= 0.6 is 11.8 Å². The van der Waals surface area contributed by atoms with E-state index in [2.05, 4.69) is 20.1 Å². The molecule has 0 unspecified atom stereocenters. The summed E-state index contributed by atoms with van der Waals surface area (Å²) in [5, 5.41) is 12.7. The van der Waals surface area contributed by atoms with Crippen LogP contribution in [0.3, 0.4) is 0 Å². The molecule has 0 saturated heterocycles. The van der Waals surface area contributed by atoms with Crippen LogP contribution in [0.1, 0.15) is 50.9 Å². The highest BCUT2D eigenvalue weighted by Gasteiger charge is 2.23. The van der Waals surface area contributed by atoms with E-state index in [0.717, 1.165) is 34.9 Å². The Kier molecular flexibility index (Phi) is 6.80. The third kappa shape index (κ3) is 4.42. The minimum Gasteiger partial charge on any atom is -0.355 e. The van der Waals surface area contributed by atoms with Gasteiger partial charge in [0.25, 0.3) is 0 Å². The predicted molar refractivity (Wildman–Crippen MR) is 123 cm³/mol. The number of carbonyl (C=O) groups excluding carboxylic acids is 1. The molecule has 0 spiro atoms. The summed E-state index contributed by atoms with van der Waals surface area (Å²) in [7, 11) is 0. The highest BCUT2D eigenvalue weighted by Crippen LogP contribution is 2.33. The number of amides is 1. The summed E-state index contributed by atoms with van der Waals surface area (Å²) in [5.74, 6) is 0.857. The largest absolute Gasteiger partial charge is 0.355 e. The van der Waals surface area contributed by atoms with E-state index < -0.39 is 0 Å². The number of aromatic nitrogens is 5. The second-order valence-electron chi connectivity index (χ2n) is 7.97. The Labute approximate surface area is 186 Å². The number of imidazole rings is 1. The second kappa shape index (κ2) is 9.72. The zero-order valence-corrected chi connectivity index (χ0v) is 19.0. The lowest BCUT2D eigenvalue weighted by Crippen LogP contribution is -2.33. The maximum atomic E-state index is 12.7. The lowest BCUT2D eigenvalue weighted by atomic mass is 10.2. The average molecular weight is 443 g/mol. The predicted octanol–water partition coefficient (Wildman–Crippen LogP) is 3.00. The molecule has 0 aliphatic heterocycles. The first-order chi connectivity index (χ1) is 15.1. The lowest BCUT2D eigenvalue weighted by molar-refractivity contribution is -0.121. The van der Waals surface area contributed by atoms with Gasteiger partial charge in [-0.15, -0.1) is 10.2 Å². The first-order valence-corrected chi connectivity index (χ1v) is 12.3. The van der Waals surface area contributed by atoms with Crippen molar-refractivity contribution in [3.8, 4) is 0 Å². The van der Waals surface area contributed by atoms with Gasteiger partial charge in [0.1, 0.15) is 12.4 Å². The SMILES string of the molecule is CCn1c(=O)n(CC(=O)NCCCc2nnc(SC)n2C2CCCC2)c2ccccc21. The maximum Gasteiger partial charge on any atom is 0.329 e. The molecule has 1 amide bonds. The summed E-state index contributed by atoms with van der Waals surface area (Å²) in [6.45, 7) is 3.09. The van der Waals surface area contributed by atoms with Crippen LogP contribution in [0.2, 0.25) is 0 Å². The minimum atomic E-state index is -0.150. The first-order valence-electron chi connectivity index (χ1n) is 11.1. The van der Waals surface area contributed by atoms with E-state index in [1.165, 1.54) is 25.7 Å². The molecule has 0 atom stereocenters. The van der Waals surface area contributed by atoms with Crippen LogP contribution in [0.5, 0.6) is 0 Å². The molecule has 2 aromatic heterocycles. The molecule has 1 N–H and O–H groups in total. The summed E-state index contributed by atoms with van der Waals surface area (Å²) in [6, 6.07) is 8.10. The Balaban J connectivity index is 1.35. The third-order valence-corrected chi connectivity index (χ3v) is 6.69. The molecule has 166 valence electrons. The summed E-state index contributed by atoms with van der Waals surface area (Å²) in [6.07, 6.45) is 8.51. The van der Waals surface area contributed by atoms with Crippen LogP contribution in [0, 0.1) is 0 Å². The Hall–Kier alpha value is -2.55. The average Bonchev–Trinajstić information content (AvgIpc) is 3.50. The third-order valence-electron chi connectivity index (χ3n) is 6.05. The first kappa shape index (κ1) is 21.7. The van der Waals surface area contributed by atoms with Crippen molar-refractivity contribution in [1.82, 2.24) is 29.2 Å². The van der Waals surface area contributed by atoms with Gasteiger partial charge in [0, 0.05) is 25.6 Å². The molecule has 4 rings (SSSR count). The number of nitrogens with one attached hydrogen (secondary N) is 1. The second-order valence-corrected chi connectivity index (χ2v) is 8.74. The number of para-hydroxylation sites is 2. The number of carbonyl (C=O) groups is 1. The molecule has 0 radical (unpaired) electrons. The van der Waals surface area contributed by atoms with E-state index in [1.54, 1.807) is 20.9 Å². The molecule has 8 nitrogen and oxygen atoms in total. The molecule has 2 heterocycles. The highest BCUT2D eigenvalue weighted by molar-refractivity contribution is 7.98. The van der Waals surface area contributed by atoms with Crippen molar-refractivity contribution in [2.45, 2.75) is 69.7 Å². The molecule has 1 aromatic carbocycles. The van der Waals surface area contributed by atoms with Crippen molar-refractivity contribution in [2.75, 3.05) is 12.8 Å². The normalized spacial score (nSPS) is 14.5. The zero-order chi connectivity index (χ0) is 21.8. The molecular formula is C22H30N6O2S. The topological polar surface area (TPSA) is 86.7 Å². The van der Waals surface area contributed by atoms with Crippen LogP contribution in [-0.4, -0.2) is 42.6 Å². The Morgan fingerprint density at radius 1 is 1.16 bits per heavy atom. The molecule has 1 aliphatic rings. The van der Waals surface area contributed by atoms with Gasteiger partial charge in [-0.3, -0.25) is 13.9 Å². The van der Waals surface area contributed by atoms with E-state index >= 15 is 0 Å². The van der Waals surface area contributed by atoms with Crippen molar-refractivity contribution in [3.05, 3.63) is 40.6 Å². The molecule has 1 saturated carbocycles. The summed E-state index contributed by atoms with van der Waals surface area (Å²) < 4.78 is 5.55. The van der Waals surface area contributed by atoms with Gasteiger partial charge in [-0.25, -0.2) is 4.79 Å². The lowest BCUT2D eigenvalue weighted by Gasteiger charge is -2.16. The maximum absolute atomic E-state index is 12.7. The summed E-state index contributed by atoms with van der Waals surface area (Å²) in [5.41, 5.74) is 1.51. The van der Waals surface area contributed by atoms with E-state index in [4.69, 9.17) is 0 Å². The van der Waals surface area contributed by atoms with Crippen molar-refractivity contribution < 1.29 is 4.79 Å². The number of fused-ring (bicyclic) bond motifs is 1. The number of nitrogens with zero attached hydrogens (tertiary/aromatic N) is 5. The number of thioether (sulfide) groups is 1. The van der Waals surface area contributed by atoms with Crippen LogP contribution in [0.25, 0.3) is 11.0 Å². The molecule has 9 heteroatoms. The number of hydrogen-bond acceptors (Lipinski definition) is 5. The van der Waals surface area contributed by atoms with Crippen LogP contribution in [0.4, 0.5) is 0 Å². The van der Waals surface area contributed by atoms with Crippen molar-refractivity contribution in [2.24, 2.45) is 0 Å². The van der Waals surface area contributed by atoms with E-state index in [0.29, 0.717) is 19.1 Å². The standard InChI is InChI=1S/C22H30N6O2S/c1-3-26-17-11-6-7-12-18(17)27(22(26)30)15-20(29)23-14-8-13-19-24-25-21(31-2)28(19)16-9-4-5-10-16/h6-7,11-12,16H,3-5,8-10,13-15H2,1-2H3,(H,23,29). The number of hydrogen-bond donors (Lipinski definition) is 1. The van der Waals surface area contributed by atoms with Gasteiger partial charge in [-0.05, 0) is 44.6 Å². The monoisotopic (exact) mass is 442 g/mol. The number of aryl methyl sites for hydroxylation is 2. The van der Waals surface area contributed by atoms with Crippen molar-refractivity contribution in [1.29, 1.82) is 0 Å². The minimum absolute atomic E-state index is 0.0290. The number of rotatable bonds is 9. The van der Waals surface area contributed by atoms with Gasteiger partial charge in [0.05, 0.1) is 11.0 Å². The molecule has 1 fully saturated rings. The van der Waals surface area contributed by atoms with Crippen molar-refractivity contribution in [3.63, 3.8) is 0 Å². The molecule has 1 aliphatic carbocycles. The van der Waals surface area contributed by atoms with Crippen LogP contribution in [0.15, 0.2) is 34.2 Å². The fourth-order valence-electron chi connectivity index (χ4n) is 4.55. The Morgan fingerprint density at radius 3 is 2.55 bits per heavy atom. The number of benzene rings is 1. The van der Waals surface area contributed by atoms with Gasteiger partial charge in [0.15, 0.2) is 5.16 Å². The van der Waals surface area contributed by atoms with E-state index in [1.807, 2.05) is 37.4 Å². The fraction of sp³-hybridized carbons (Fsp3) is 0.545. The molecule has 0 bridgehead atoms. The van der Waals surface area contributed by atoms with E-state index in [-0.39, 0.29) is 18.1 Å². The summed E-state index contributed by atoms with van der Waals surface area (Å²) in [4.78, 5) is 25.2.